The van der Waals surface area contributed by atoms with Crippen molar-refractivity contribution in [3.8, 4) is 5.75 Å². The minimum absolute atomic E-state index is 0.0441. The molecule has 1 fully saturated rings. The summed E-state index contributed by atoms with van der Waals surface area (Å²) in [4.78, 5) is 18.4. The summed E-state index contributed by atoms with van der Waals surface area (Å²) in [5, 5.41) is 7.42. The van der Waals surface area contributed by atoms with Crippen molar-refractivity contribution < 1.29 is 13.9 Å². The predicted octanol–water partition coefficient (Wildman–Crippen LogP) is 4.43. The first-order valence-corrected chi connectivity index (χ1v) is 12.5. The second-order valence-electron chi connectivity index (χ2n) is 9.73. The van der Waals surface area contributed by atoms with Gasteiger partial charge < -0.3 is 15.4 Å². The van der Waals surface area contributed by atoms with Gasteiger partial charge in [0, 0.05) is 37.3 Å². The molecule has 1 saturated heterocycles. The molecule has 2 aliphatic heterocycles. The molecule has 0 radical (unpaired) electrons. The van der Waals surface area contributed by atoms with E-state index in [9.17, 15) is 4.79 Å². The second kappa shape index (κ2) is 10.3. The fourth-order valence-electron chi connectivity index (χ4n) is 5.18. The molecular formula is C28H33FN4O2. The van der Waals surface area contributed by atoms with Gasteiger partial charge in [-0.05, 0) is 66.3 Å². The lowest BCUT2D eigenvalue weighted by Gasteiger charge is -2.36. The molecule has 0 aliphatic carbocycles. The third kappa shape index (κ3) is 5.31. The number of anilines is 1. The molecule has 1 amide bonds. The van der Waals surface area contributed by atoms with Crippen LogP contribution in [0.4, 0.5) is 10.1 Å². The van der Waals surface area contributed by atoms with Crippen LogP contribution in [0.1, 0.15) is 42.9 Å². The Labute approximate surface area is 205 Å². The van der Waals surface area contributed by atoms with Crippen molar-refractivity contribution in [2.75, 3.05) is 31.6 Å². The SMILES string of the molecule is CCc1cnc2cccc(C(C)CN3CCC(NCc4ccc5c(c4)NC(=O)CO5)C(F)C3)c2c1. The second-order valence-corrected chi connectivity index (χ2v) is 9.73. The van der Waals surface area contributed by atoms with Gasteiger partial charge in [0.25, 0.3) is 5.91 Å². The number of pyridine rings is 1. The van der Waals surface area contributed by atoms with Gasteiger partial charge in [0.2, 0.25) is 0 Å². The van der Waals surface area contributed by atoms with E-state index < -0.39 is 6.17 Å². The number of carbonyl (C=O) groups excluding carboxylic acids is 1. The minimum atomic E-state index is -0.933. The Morgan fingerprint density at radius 3 is 2.97 bits per heavy atom. The molecule has 3 unspecified atom stereocenters. The summed E-state index contributed by atoms with van der Waals surface area (Å²) < 4.78 is 20.6. The minimum Gasteiger partial charge on any atom is -0.482 e. The molecule has 2 N–H and O–H groups in total. The zero-order valence-corrected chi connectivity index (χ0v) is 20.4. The number of carbonyl (C=O) groups is 1. The first kappa shape index (κ1) is 23.7. The van der Waals surface area contributed by atoms with Crippen LogP contribution in [-0.4, -0.2) is 54.2 Å². The number of nitrogens with one attached hydrogen (secondary N) is 2. The summed E-state index contributed by atoms with van der Waals surface area (Å²) in [6.07, 6.45) is 2.74. The van der Waals surface area contributed by atoms with Crippen LogP contribution in [0, 0.1) is 0 Å². The molecule has 3 aromatic rings. The maximum absolute atomic E-state index is 15.1. The number of benzene rings is 2. The molecule has 3 heterocycles. The van der Waals surface area contributed by atoms with Crippen molar-refractivity contribution in [3.63, 3.8) is 0 Å². The molecule has 184 valence electrons. The number of fused-ring (bicyclic) bond motifs is 2. The van der Waals surface area contributed by atoms with E-state index >= 15 is 4.39 Å². The maximum atomic E-state index is 15.1. The summed E-state index contributed by atoms with van der Waals surface area (Å²) >= 11 is 0. The highest BCUT2D eigenvalue weighted by Gasteiger charge is 2.30. The van der Waals surface area contributed by atoms with Gasteiger partial charge in [-0.2, -0.15) is 0 Å². The number of aryl methyl sites for hydroxylation is 1. The highest BCUT2D eigenvalue weighted by molar-refractivity contribution is 5.95. The standard InChI is InChI=1S/C28H33FN4O2/c1-3-19-11-22-21(5-4-6-24(22)30-13-19)18(2)15-33-10-9-25(23(29)16-33)31-14-20-7-8-27-26(12-20)32-28(34)17-35-27/h4-8,11-13,18,23,25,31H,3,9-10,14-17H2,1-2H3,(H,32,34). The monoisotopic (exact) mass is 476 g/mol. The van der Waals surface area contributed by atoms with Crippen molar-refractivity contribution >= 4 is 22.5 Å². The topological polar surface area (TPSA) is 66.5 Å². The number of alkyl halides is 1. The Morgan fingerprint density at radius 1 is 1.26 bits per heavy atom. The number of halogens is 1. The summed E-state index contributed by atoms with van der Waals surface area (Å²) in [6, 6.07) is 14.1. The molecule has 1 aromatic heterocycles. The van der Waals surface area contributed by atoms with Gasteiger partial charge in [-0.15, -0.1) is 0 Å². The highest BCUT2D eigenvalue weighted by atomic mass is 19.1. The lowest BCUT2D eigenvalue weighted by Crippen LogP contribution is -2.51. The Bertz CT molecular complexity index is 1220. The van der Waals surface area contributed by atoms with E-state index in [1.165, 1.54) is 16.5 Å². The van der Waals surface area contributed by atoms with Gasteiger partial charge in [0.05, 0.1) is 11.2 Å². The number of ether oxygens (including phenoxy) is 1. The van der Waals surface area contributed by atoms with E-state index in [0.717, 1.165) is 37.0 Å². The summed E-state index contributed by atoms with van der Waals surface area (Å²) in [7, 11) is 0. The highest BCUT2D eigenvalue weighted by Crippen LogP contribution is 2.29. The van der Waals surface area contributed by atoms with Crippen LogP contribution in [0.15, 0.2) is 48.7 Å². The fraction of sp³-hybridized carbons (Fsp3) is 0.429. The Morgan fingerprint density at radius 2 is 2.14 bits per heavy atom. The molecular weight excluding hydrogens is 443 g/mol. The van der Waals surface area contributed by atoms with E-state index in [1.54, 1.807) is 0 Å². The van der Waals surface area contributed by atoms with Crippen LogP contribution in [0.2, 0.25) is 0 Å². The Hall–Kier alpha value is -3.03. The zero-order chi connectivity index (χ0) is 24.4. The summed E-state index contributed by atoms with van der Waals surface area (Å²) in [5.41, 5.74) is 5.21. The molecule has 0 bridgehead atoms. The van der Waals surface area contributed by atoms with Gasteiger partial charge in [-0.25, -0.2) is 4.39 Å². The lowest BCUT2D eigenvalue weighted by atomic mass is 9.94. The van der Waals surface area contributed by atoms with E-state index in [0.29, 0.717) is 24.5 Å². The van der Waals surface area contributed by atoms with Crippen LogP contribution in [0.5, 0.6) is 5.75 Å². The predicted molar refractivity (Wildman–Crippen MR) is 137 cm³/mol. The van der Waals surface area contributed by atoms with Crippen molar-refractivity contribution in [1.82, 2.24) is 15.2 Å². The molecule has 2 aromatic carbocycles. The average Bonchev–Trinajstić information content (AvgIpc) is 2.87. The van der Waals surface area contributed by atoms with Gasteiger partial charge in [-0.3, -0.25) is 14.7 Å². The molecule has 5 rings (SSSR count). The quantitative estimate of drug-likeness (QED) is 0.528. The van der Waals surface area contributed by atoms with Gasteiger partial charge in [-0.1, -0.05) is 32.0 Å². The smallest absolute Gasteiger partial charge is 0.262 e. The van der Waals surface area contributed by atoms with Gasteiger partial charge >= 0.3 is 0 Å². The molecule has 6 nitrogen and oxygen atoms in total. The normalized spacial score (nSPS) is 21.3. The molecule has 35 heavy (non-hydrogen) atoms. The van der Waals surface area contributed by atoms with Gasteiger partial charge in [0.1, 0.15) is 11.9 Å². The molecule has 0 saturated carbocycles. The lowest BCUT2D eigenvalue weighted by molar-refractivity contribution is -0.118. The fourth-order valence-corrected chi connectivity index (χ4v) is 5.18. The van der Waals surface area contributed by atoms with Crippen LogP contribution in [0.3, 0.4) is 0 Å². The van der Waals surface area contributed by atoms with E-state index in [-0.39, 0.29) is 24.5 Å². The average molecular weight is 477 g/mol. The van der Waals surface area contributed by atoms with Crippen molar-refractivity contribution in [3.05, 3.63) is 65.4 Å². The number of rotatable bonds is 7. The maximum Gasteiger partial charge on any atom is 0.262 e. The number of amides is 1. The summed E-state index contributed by atoms with van der Waals surface area (Å²) in [6.45, 7) is 7.08. The third-order valence-electron chi connectivity index (χ3n) is 7.16. The van der Waals surface area contributed by atoms with Crippen molar-refractivity contribution in [1.29, 1.82) is 0 Å². The van der Waals surface area contributed by atoms with Crippen LogP contribution in [-0.2, 0) is 17.8 Å². The van der Waals surface area contributed by atoms with E-state index in [2.05, 4.69) is 58.6 Å². The Balaban J connectivity index is 1.17. The molecule has 7 heteroatoms. The largest absolute Gasteiger partial charge is 0.482 e. The van der Waals surface area contributed by atoms with Crippen LogP contribution in [0.25, 0.3) is 10.9 Å². The van der Waals surface area contributed by atoms with Gasteiger partial charge in [0.15, 0.2) is 6.61 Å². The van der Waals surface area contributed by atoms with Crippen LogP contribution < -0.4 is 15.4 Å². The van der Waals surface area contributed by atoms with Crippen molar-refractivity contribution in [2.24, 2.45) is 0 Å². The molecule has 3 atom stereocenters. The third-order valence-corrected chi connectivity index (χ3v) is 7.16. The Kier molecular flexibility index (Phi) is 6.97. The zero-order valence-electron chi connectivity index (χ0n) is 20.4. The number of aromatic nitrogens is 1. The summed E-state index contributed by atoms with van der Waals surface area (Å²) in [5.74, 6) is 0.808. The van der Waals surface area contributed by atoms with E-state index in [4.69, 9.17) is 4.74 Å². The first-order valence-electron chi connectivity index (χ1n) is 12.5. The molecule has 0 spiro atoms. The number of likely N-dealkylation sites (tertiary alicyclic amines) is 1. The number of hydrogen-bond acceptors (Lipinski definition) is 5. The number of hydrogen-bond donors (Lipinski definition) is 2. The first-order chi connectivity index (χ1) is 17.0. The molecule has 2 aliphatic rings. The number of piperidine rings is 1. The van der Waals surface area contributed by atoms with Crippen molar-refractivity contribution in [2.45, 2.75) is 51.4 Å². The number of nitrogens with zero attached hydrogens (tertiary/aromatic N) is 2. The van der Waals surface area contributed by atoms with E-state index in [1.807, 2.05) is 24.4 Å². The van der Waals surface area contributed by atoms with Crippen LogP contribution >= 0.6 is 0 Å².